The normalized spacial score (nSPS) is 30.0. The van der Waals surface area contributed by atoms with Crippen molar-refractivity contribution in [3.8, 4) is 23.3 Å². The van der Waals surface area contributed by atoms with Gasteiger partial charge >= 0.3 is 5.97 Å². The summed E-state index contributed by atoms with van der Waals surface area (Å²) in [4.78, 5) is 73.4. The van der Waals surface area contributed by atoms with Crippen molar-refractivity contribution in [1.82, 2.24) is 14.7 Å². The second-order valence-electron chi connectivity index (χ2n) is 13.6. The molecule has 0 saturated carbocycles. The number of esters is 1. The minimum Gasteiger partial charge on any atom is -0.493 e. The fraction of sp³-hybridized carbons (Fsp3) is 0.444. The zero-order valence-corrected chi connectivity index (χ0v) is 27.6. The molecule has 2 bridgehead atoms. The molecule has 2 amide bonds. The van der Waals surface area contributed by atoms with E-state index in [1.54, 1.807) is 38.1 Å². The molecule has 2 aromatic rings. The maximum absolute atomic E-state index is 14.2. The van der Waals surface area contributed by atoms with Gasteiger partial charge in [0.1, 0.15) is 11.8 Å². The monoisotopic (exact) mass is 666 g/mol. The van der Waals surface area contributed by atoms with E-state index in [2.05, 4.69) is 6.07 Å². The Hall–Kier alpha value is -5.06. The summed E-state index contributed by atoms with van der Waals surface area (Å²) in [7, 11) is 3.25. The molecule has 7 atom stereocenters. The number of nitrogens with zero attached hydrogens (tertiary/aromatic N) is 4. The maximum atomic E-state index is 14.2. The van der Waals surface area contributed by atoms with Crippen molar-refractivity contribution in [2.24, 2.45) is 11.8 Å². The summed E-state index contributed by atoms with van der Waals surface area (Å²) in [6.45, 7) is 4.40. The van der Waals surface area contributed by atoms with Crippen molar-refractivity contribution in [3.63, 3.8) is 0 Å². The SMILES string of the molecule is COC1=C(C)C(=O)C2C[C@@H]3[C@H](C#N)N4[C@@H](CN5C(=O)c6ccccc6C5=O)c5c(c(OC(C)=O)c(C)c6c5OCO6)C[C@H]4[C@@H](C2C1=O)N3C. The van der Waals surface area contributed by atoms with E-state index in [0.29, 0.717) is 28.2 Å². The first kappa shape index (κ1) is 31.2. The molecule has 6 aliphatic rings. The number of hydrogen-bond acceptors (Lipinski definition) is 12. The Morgan fingerprint density at radius 2 is 1.69 bits per heavy atom. The third-order valence-electron chi connectivity index (χ3n) is 11.4. The highest BCUT2D eigenvalue weighted by Crippen LogP contribution is 2.57. The number of carbonyl (C=O) groups is 5. The van der Waals surface area contributed by atoms with E-state index in [9.17, 15) is 29.2 Å². The van der Waals surface area contributed by atoms with Crippen LogP contribution in [0.25, 0.3) is 0 Å². The van der Waals surface area contributed by atoms with Gasteiger partial charge in [-0.3, -0.25) is 38.7 Å². The number of amides is 2. The van der Waals surface area contributed by atoms with Gasteiger partial charge in [0, 0.05) is 59.8 Å². The molecule has 5 heterocycles. The highest BCUT2D eigenvalue weighted by atomic mass is 16.7. The van der Waals surface area contributed by atoms with Gasteiger partial charge in [-0.2, -0.15) is 5.26 Å². The van der Waals surface area contributed by atoms with E-state index in [1.807, 2.05) is 16.8 Å². The lowest BCUT2D eigenvalue weighted by molar-refractivity contribution is -0.158. The number of likely N-dealkylation sites (N-methyl/N-ethyl adjacent to an activating group) is 1. The van der Waals surface area contributed by atoms with E-state index < -0.39 is 59.8 Å². The topological polar surface area (TPSA) is 156 Å². The third kappa shape index (κ3) is 4.13. The van der Waals surface area contributed by atoms with Crippen LogP contribution < -0.4 is 14.2 Å². The van der Waals surface area contributed by atoms with Crippen LogP contribution >= 0.6 is 0 Å². The summed E-state index contributed by atoms with van der Waals surface area (Å²) in [6.07, 6.45) is 0.471. The van der Waals surface area contributed by atoms with Gasteiger partial charge in [-0.15, -0.1) is 0 Å². The van der Waals surface area contributed by atoms with Crippen LogP contribution in [-0.2, 0) is 25.5 Å². The fourth-order valence-corrected chi connectivity index (χ4v) is 9.43. The predicted molar refractivity (Wildman–Crippen MR) is 169 cm³/mol. The van der Waals surface area contributed by atoms with E-state index in [0.717, 1.165) is 0 Å². The number of nitriles is 1. The molecule has 1 aliphatic carbocycles. The van der Waals surface area contributed by atoms with Gasteiger partial charge < -0.3 is 18.9 Å². The zero-order valence-electron chi connectivity index (χ0n) is 27.6. The number of benzene rings is 2. The van der Waals surface area contributed by atoms with Crippen molar-refractivity contribution in [2.75, 3.05) is 27.5 Å². The number of piperidine rings is 1. The number of carbonyl (C=O) groups excluding carboxylic acids is 5. The summed E-state index contributed by atoms with van der Waals surface area (Å²) in [5.41, 5.74) is 2.54. The van der Waals surface area contributed by atoms with Gasteiger partial charge in [0.2, 0.25) is 12.6 Å². The van der Waals surface area contributed by atoms with Crippen LogP contribution in [0.2, 0.25) is 0 Å². The maximum Gasteiger partial charge on any atom is 0.308 e. The fourth-order valence-electron chi connectivity index (χ4n) is 9.43. The van der Waals surface area contributed by atoms with Crippen LogP contribution in [0.4, 0.5) is 0 Å². The summed E-state index contributed by atoms with van der Waals surface area (Å²) in [5, 5.41) is 10.9. The van der Waals surface area contributed by atoms with Crippen molar-refractivity contribution >= 4 is 29.4 Å². The largest absolute Gasteiger partial charge is 0.493 e. The second-order valence-corrected chi connectivity index (χ2v) is 13.6. The van der Waals surface area contributed by atoms with Crippen LogP contribution in [0.5, 0.6) is 17.2 Å². The Morgan fingerprint density at radius 3 is 2.33 bits per heavy atom. The molecular weight excluding hydrogens is 632 g/mol. The molecular formula is C36H34N4O9. The summed E-state index contributed by atoms with van der Waals surface area (Å²) >= 11 is 0. The molecule has 2 aromatic carbocycles. The lowest BCUT2D eigenvalue weighted by Gasteiger charge is -2.63. The van der Waals surface area contributed by atoms with Gasteiger partial charge in [-0.25, -0.2) is 0 Å². The molecule has 2 saturated heterocycles. The molecule has 0 N–H and O–H groups in total. The van der Waals surface area contributed by atoms with E-state index in [4.69, 9.17) is 18.9 Å². The van der Waals surface area contributed by atoms with Crippen molar-refractivity contribution in [1.29, 1.82) is 5.26 Å². The number of imide groups is 1. The number of fused-ring (bicyclic) bond motifs is 10. The standard InChI is InChI=1S/C36H34N4O9/c1-15-29(42)20-10-22-24(12-37)40-23(28(38(22)4)27(20)30(43)32(15)46-5)11-21-26(34-33(47-14-48-34)16(2)31(21)49-17(3)41)25(40)13-39-35(44)18-8-6-7-9-19(18)36(39)45/h6-9,20,22-25,27-28H,10-11,13-14H2,1-5H3/t20?,22-,23+,24+,25+,27?,28+/m1/s1. The van der Waals surface area contributed by atoms with Gasteiger partial charge in [0.25, 0.3) is 11.8 Å². The number of hydrogen-bond donors (Lipinski definition) is 0. The summed E-state index contributed by atoms with van der Waals surface area (Å²) in [5.74, 6) is -2.31. The van der Waals surface area contributed by atoms with Crippen molar-refractivity contribution in [3.05, 3.63) is 63.4 Å². The molecule has 0 radical (unpaired) electrons. The third-order valence-corrected chi connectivity index (χ3v) is 11.4. The number of Topliss-reactive ketones (excluding diaryl/α,β-unsaturated/α-hetero) is 2. The highest BCUT2D eigenvalue weighted by molar-refractivity contribution is 6.21. The lowest BCUT2D eigenvalue weighted by Crippen LogP contribution is -2.76. The average molecular weight is 667 g/mol. The quantitative estimate of drug-likeness (QED) is 0.267. The average Bonchev–Trinajstić information content (AvgIpc) is 3.66. The Morgan fingerprint density at radius 1 is 1.02 bits per heavy atom. The number of allylic oxidation sites excluding steroid dienone is 2. The van der Waals surface area contributed by atoms with Gasteiger partial charge in [0.05, 0.1) is 36.3 Å². The number of piperazine rings is 1. The second kappa shape index (κ2) is 11.0. The molecule has 49 heavy (non-hydrogen) atoms. The summed E-state index contributed by atoms with van der Waals surface area (Å²) < 4.78 is 23.3. The number of ketones is 2. The minimum absolute atomic E-state index is 0.0330. The molecule has 252 valence electrons. The highest BCUT2D eigenvalue weighted by Gasteiger charge is 2.63. The van der Waals surface area contributed by atoms with Gasteiger partial charge in [-0.1, -0.05) is 12.1 Å². The van der Waals surface area contributed by atoms with Crippen LogP contribution in [0.15, 0.2) is 35.6 Å². The van der Waals surface area contributed by atoms with E-state index >= 15 is 0 Å². The number of ether oxygens (including phenoxy) is 4. The molecule has 5 aliphatic heterocycles. The first-order valence-electron chi connectivity index (χ1n) is 16.3. The minimum atomic E-state index is -0.824. The summed E-state index contributed by atoms with van der Waals surface area (Å²) in [6, 6.07) is 5.85. The van der Waals surface area contributed by atoms with Gasteiger partial charge in [-0.05, 0) is 45.9 Å². The molecule has 2 unspecified atom stereocenters. The number of rotatable bonds is 4. The molecule has 13 heteroatoms. The first-order chi connectivity index (χ1) is 23.5. The Balaban J connectivity index is 1.35. The van der Waals surface area contributed by atoms with E-state index in [1.165, 1.54) is 18.9 Å². The molecule has 0 spiro atoms. The first-order valence-corrected chi connectivity index (χ1v) is 16.3. The molecule has 0 aromatic heterocycles. The predicted octanol–water partition coefficient (Wildman–Crippen LogP) is 2.50. The van der Waals surface area contributed by atoms with Crippen LogP contribution in [0.1, 0.15) is 63.7 Å². The van der Waals surface area contributed by atoms with Crippen molar-refractivity contribution in [2.45, 2.75) is 63.8 Å². The molecule has 13 nitrogen and oxygen atoms in total. The van der Waals surface area contributed by atoms with E-state index in [-0.39, 0.29) is 66.0 Å². The van der Waals surface area contributed by atoms with Crippen LogP contribution in [-0.4, -0.2) is 95.7 Å². The molecule has 2 fully saturated rings. The van der Waals surface area contributed by atoms with Gasteiger partial charge in [0.15, 0.2) is 23.0 Å². The number of methoxy groups -OCH3 is 1. The van der Waals surface area contributed by atoms with Crippen LogP contribution in [0.3, 0.4) is 0 Å². The van der Waals surface area contributed by atoms with Crippen LogP contribution in [0, 0.1) is 30.1 Å². The Kier molecular flexibility index (Phi) is 7.00. The Bertz CT molecular complexity index is 1950. The Labute approximate surface area is 281 Å². The lowest BCUT2D eigenvalue weighted by atomic mass is 9.61. The van der Waals surface area contributed by atoms with Crippen molar-refractivity contribution < 1.29 is 42.9 Å². The zero-order chi connectivity index (χ0) is 34.6. The smallest absolute Gasteiger partial charge is 0.308 e. The molecule has 8 rings (SSSR count).